The van der Waals surface area contributed by atoms with E-state index < -0.39 is 5.97 Å². The van der Waals surface area contributed by atoms with E-state index in [1.54, 1.807) is 6.92 Å². The van der Waals surface area contributed by atoms with Crippen molar-refractivity contribution >= 4 is 39.8 Å². The van der Waals surface area contributed by atoms with E-state index >= 15 is 0 Å². The first kappa shape index (κ1) is 21.6. The number of ether oxygens (including phenoxy) is 1. The van der Waals surface area contributed by atoms with Crippen LogP contribution in [0, 0.1) is 5.92 Å². The zero-order valence-electron chi connectivity index (χ0n) is 17.4. The Bertz CT molecular complexity index is 1080. The van der Waals surface area contributed by atoms with Gasteiger partial charge in [0.15, 0.2) is 0 Å². The summed E-state index contributed by atoms with van der Waals surface area (Å²) in [5.74, 6) is -0.288. The summed E-state index contributed by atoms with van der Waals surface area (Å²) in [5.41, 5.74) is 2.68. The summed E-state index contributed by atoms with van der Waals surface area (Å²) < 4.78 is 5.23. The fourth-order valence-electron chi connectivity index (χ4n) is 3.75. The molecule has 1 fully saturated rings. The van der Waals surface area contributed by atoms with Gasteiger partial charge in [-0.05, 0) is 48.6 Å². The van der Waals surface area contributed by atoms with Gasteiger partial charge in [0.05, 0.1) is 12.2 Å². The molecule has 1 N–H and O–H groups in total. The van der Waals surface area contributed by atoms with Gasteiger partial charge >= 0.3 is 5.97 Å². The second kappa shape index (κ2) is 9.25. The summed E-state index contributed by atoms with van der Waals surface area (Å²) in [7, 11) is 0. The molecule has 1 amide bonds. The fourth-order valence-corrected chi connectivity index (χ4v) is 5.01. The van der Waals surface area contributed by atoms with Gasteiger partial charge in [0.2, 0.25) is 5.91 Å². The Hall–Kier alpha value is -2.63. The van der Waals surface area contributed by atoms with Gasteiger partial charge in [-0.2, -0.15) is 0 Å². The number of anilines is 1. The predicted octanol–water partition coefficient (Wildman–Crippen LogP) is 6.47. The van der Waals surface area contributed by atoms with Crippen LogP contribution in [0.1, 0.15) is 58.5 Å². The van der Waals surface area contributed by atoms with Gasteiger partial charge in [0.25, 0.3) is 0 Å². The van der Waals surface area contributed by atoms with Crippen LogP contribution in [0.5, 0.6) is 0 Å². The van der Waals surface area contributed by atoms with E-state index in [4.69, 9.17) is 16.3 Å². The maximum atomic E-state index is 12.9. The van der Waals surface area contributed by atoms with Crippen LogP contribution in [-0.2, 0) is 9.53 Å². The fraction of sp³-hybridized carbons (Fsp3) is 0.280. The average molecular weight is 454 g/mol. The molecule has 0 saturated heterocycles. The molecule has 31 heavy (non-hydrogen) atoms. The number of amides is 1. The van der Waals surface area contributed by atoms with Gasteiger partial charge < -0.3 is 10.1 Å². The Balaban J connectivity index is 1.54. The molecule has 1 aromatic heterocycles. The molecule has 1 aliphatic carbocycles. The maximum Gasteiger partial charge on any atom is 0.341 e. The smallest absolute Gasteiger partial charge is 0.341 e. The number of esters is 1. The van der Waals surface area contributed by atoms with Crippen LogP contribution in [0.25, 0.3) is 0 Å². The molecule has 4 nitrogen and oxygen atoms in total. The lowest BCUT2D eigenvalue weighted by Crippen LogP contribution is -2.16. The Kier molecular flexibility index (Phi) is 6.44. The van der Waals surface area contributed by atoms with Crippen LogP contribution < -0.4 is 5.32 Å². The highest BCUT2D eigenvalue weighted by molar-refractivity contribution is 7.16. The lowest BCUT2D eigenvalue weighted by molar-refractivity contribution is -0.117. The summed E-state index contributed by atoms with van der Waals surface area (Å²) in [6.07, 6.45) is 0.793. The van der Waals surface area contributed by atoms with Crippen LogP contribution in [-0.4, -0.2) is 18.5 Å². The maximum absolute atomic E-state index is 12.9. The molecule has 3 atom stereocenters. The van der Waals surface area contributed by atoms with Crippen molar-refractivity contribution in [2.75, 3.05) is 11.9 Å². The molecule has 1 aliphatic rings. The standard InChI is InChI=1S/C25H24ClNO3S/c1-3-30-25(29)21-14-22(15(2)16-7-5-4-6-8-16)31-24(21)27-23(28)20-13-19(20)17-9-11-18(26)12-10-17/h4-12,14-15,19-20H,3,13H2,1-2H3,(H,27,28)/t15-,19-,20-/m0/s1. The molecule has 1 heterocycles. The van der Waals surface area contributed by atoms with Gasteiger partial charge in [-0.3, -0.25) is 4.79 Å². The summed E-state index contributed by atoms with van der Waals surface area (Å²) in [6, 6.07) is 19.6. The quantitative estimate of drug-likeness (QED) is 0.417. The minimum Gasteiger partial charge on any atom is -0.462 e. The Morgan fingerprint density at radius 2 is 1.87 bits per heavy atom. The van der Waals surface area contributed by atoms with Gasteiger partial charge in [-0.1, -0.05) is 61.0 Å². The number of benzene rings is 2. The van der Waals surface area contributed by atoms with E-state index in [0.29, 0.717) is 15.6 Å². The second-order valence-corrected chi connectivity index (χ2v) is 9.25. The monoisotopic (exact) mass is 453 g/mol. The third-order valence-electron chi connectivity index (χ3n) is 5.63. The van der Waals surface area contributed by atoms with Crippen LogP contribution in [0.2, 0.25) is 5.02 Å². The molecule has 0 bridgehead atoms. The number of halogens is 1. The van der Waals surface area contributed by atoms with Crippen molar-refractivity contribution in [1.29, 1.82) is 0 Å². The van der Waals surface area contributed by atoms with Crippen molar-refractivity contribution in [2.45, 2.75) is 32.1 Å². The summed E-state index contributed by atoms with van der Waals surface area (Å²) in [4.78, 5) is 26.5. The molecule has 0 unspecified atom stereocenters. The molecule has 2 aromatic carbocycles. The van der Waals surface area contributed by atoms with Crippen molar-refractivity contribution in [1.82, 2.24) is 0 Å². The molecular weight excluding hydrogens is 430 g/mol. The second-order valence-electron chi connectivity index (χ2n) is 7.73. The molecule has 0 spiro atoms. The average Bonchev–Trinajstić information content (AvgIpc) is 3.47. The van der Waals surface area contributed by atoms with Crippen molar-refractivity contribution in [3.8, 4) is 0 Å². The Morgan fingerprint density at radius 3 is 2.55 bits per heavy atom. The highest BCUT2D eigenvalue weighted by atomic mass is 35.5. The highest BCUT2D eigenvalue weighted by Gasteiger charge is 2.44. The first-order chi connectivity index (χ1) is 15.0. The summed E-state index contributed by atoms with van der Waals surface area (Å²) >= 11 is 7.41. The van der Waals surface area contributed by atoms with Gasteiger partial charge in [-0.15, -0.1) is 11.3 Å². The lowest BCUT2D eigenvalue weighted by atomic mass is 9.99. The Labute approximate surface area is 191 Å². The number of carbonyl (C=O) groups excluding carboxylic acids is 2. The van der Waals surface area contributed by atoms with E-state index in [1.165, 1.54) is 11.3 Å². The Morgan fingerprint density at radius 1 is 1.16 bits per heavy atom. The molecule has 0 aliphatic heterocycles. The zero-order valence-corrected chi connectivity index (χ0v) is 19.0. The third-order valence-corrected chi connectivity index (χ3v) is 7.12. The van der Waals surface area contributed by atoms with E-state index in [0.717, 1.165) is 22.4 Å². The number of carbonyl (C=O) groups is 2. The molecule has 4 rings (SSSR count). The van der Waals surface area contributed by atoms with Crippen molar-refractivity contribution < 1.29 is 14.3 Å². The highest BCUT2D eigenvalue weighted by Crippen LogP contribution is 2.48. The van der Waals surface area contributed by atoms with Gasteiger partial charge in [0, 0.05) is 21.7 Å². The van der Waals surface area contributed by atoms with Crippen molar-refractivity contribution in [3.05, 3.63) is 87.3 Å². The van der Waals surface area contributed by atoms with Crippen molar-refractivity contribution in [2.24, 2.45) is 5.92 Å². The SMILES string of the molecule is CCOC(=O)c1cc([C@@H](C)c2ccccc2)sc1NC(=O)[C@H]1C[C@H]1c1ccc(Cl)cc1. The zero-order chi connectivity index (χ0) is 22.0. The minimum absolute atomic E-state index is 0.0636. The molecule has 160 valence electrons. The third kappa shape index (κ3) is 4.83. The normalized spacial score (nSPS) is 18.3. The van der Waals surface area contributed by atoms with E-state index in [9.17, 15) is 9.59 Å². The number of hydrogen-bond donors (Lipinski definition) is 1. The van der Waals surface area contributed by atoms with Crippen LogP contribution in [0.4, 0.5) is 5.00 Å². The predicted molar refractivity (Wildman–Crippen MR) is 125 cm³/mol. The first-order valence-electron chi connectivity index (χ1n) is 10.4. The number of thiophene rings is 1. The van der Waals surface area contributed by atoms with E-state index in [-0.39, 0.29) is 30.3 Å². The first-order valence-corrected chi connectivity index (χ1v) is 11.6. The topological polar surface area (TPSA) is 55.4 Å². The molecule has 3 aromatic rings. The van der Waals surface area contributed by atoms with Crippen LogP contribution in [0.15, 0.2) is 60.7 Å². The van der Waals surface area contributed by atoms with E-state index in [2.05, 4.69) is 24.4 Å². The number of nitrogens with one attached hydrogen (secondary N) is 1. The summed E-state index contributed by atoms with van der Waals surface area (Å²) in [6.45, 7) is 4.16. The van der Waals surface area contributed by atoms with Crippen LogP contribution >= 0.6 is 22.9 Å². The lowest BCUT2D eigenvalue weighted by Gasteiger charge is -2.09. The summed E-state index contributed by atoms with van der Waals surface area (Å²) in [5, 5.41) is 4.24. The molecule has 6 heteroatoms. The molecule has 0 radical (unpaired) electrons. The largest absolute Gasteiger partial charge is 0.462 e. The number of hydrogen-bond acceptors (Lipinski definition) is 4. The van der Waals surface area contributed by atoms with Gasteiger partial charge in [-0.25, -0.2) is 4.79 Å². The molecule has 1 saturated carbocycles. The van der Waals surface area contributed by atoms with Crippen molar-refractivity contribution in [3.63, 3.8) is 0 Å². The molecular formula is C25H24ClNO3S. The minimum atomic E-state index is -0.411. The van der Waals surface area contributed by atoms with E-state index in [1.807, 2.05) is 48.5 Å². The number of rotatable bonds is 7. The van der Waals surface area contributed by atoms with Crippen LogP contribution in [0.3, 0.4) is 0 Å². The van der Waals surface area contributed by atoms with Gasteiger partial charge in [0.1, 0.15) is 5.00 Å².